The van der Waals surface area contributed by atoms with Crippen molar-refractivity contribution >= 4 is 5.82 Å². The quantitative estimate of drug-likeness (QED) is 0.551. The van der Waals surface area contributed by atoms with Gasteiger partial charge in [0.1, 0.15) is 11.9 Å². The van der Waals surface area contributed by atoms with Gasteiger partial charge in [0.15, 0.2) is 12.3 Å². The Balaban J connectivity index is 2.17. The first-order valence-electron chi connectivity index (χ1n) is 5.09. The van der Waals surface area contributed by atoms with E-state index in [0.717, 1.165) is 6.20 Å². The minimum Gasteiger partial charge on any atom is -0.394 e. The summed E-state index contributed by atoms with van der Waals surface area (Å²) in [6.07, 6.45) is -4.21. The minimum atomic E-state index is -3.59. The highest BCUT2D eigenvalue weighted by molar-refractivity contribution is 5.33. The van der Waals surface area contributed by atoms with Crippen molar-refractivity contribution in [2.24, 2.45) is 0 Å². The summed E-state index contributed by atoms with van der Waals surface area (Å²) < 4.78 is 31.9. The first kappa shape index (κ1) is 12.9. The molecule has 0 aromatic carbocycles. The van der Waals surface area contributed by atoms with Gasteiger partial charge in [-0.2, -0.15) is 8.78 Å². The number of hydrogen-bond donors (Lipinski definition) is 4. The monoisotopic (exact) mass is 263 g/mol. The summed E-state index contributed by atoms with van der Waals surface area (Å²) in [7, 11) is 0. The molecular weight excluding hydrogens is 252 g/mol. The smallest absolute Gasteiger partial charge is 0.346 e. The van der Waals surface area contributed by atoms with Crippen molar-refractivity contribution in [2.75, 3.05) is 11.9 Å². The van der Waals surface area contributed by atoms with Crippen molar-refractivity contribution in [1.82, 2.24) is 9.97 Å². The zero-order valence-corrected chi connectivity index (χ0v) is 9.01. The van der Waals surface area contributed by atoms with Gasteiger partial charge in [0.2, 0.25) is 0 Å². The fraction of sp³-hybridized carbons (Fsp3) is 0.556. The third-order valence-corrected chi connectivity index (χ3v) is 2.55. The van der Waals surface area contributed by atoms with Crippen molar-refractivity contribution in [1.29, 1.82) is 0 Å². The van der Waals surface area contributed by atoms with E-state index in [9.17, 15) is 18.7 Å². The van der Waals surface area contributed by atoms with Crippen molar-refractivity contribution in [2.45, 2.75) is 24.4 Å². The van der Waals surface area contributed by atoms with Crippen LogP contribution in [0.5, 0.6) is 0 Å². The molecule has 3 atom stereocenters. The average Bonchev–Trinajstić information content (AvgIpc) is 2.53. The molecule has 0 spiro atoms. The number of ether oxygens (including phenoxy) is 1. The normalized spacial score (nSPS) is 30.3. The van der Waals surface area contributed by atoms with Crippen LogP contribution in [-0.4, -0.2) is 51.1 Å². The Morgan fingerprint density at radius 1 is 1.61 bits per heavy atom. The second kappa shape index (κ2) is 4.59. The molecule has 1 fully saturated rings. The van der Waals surface area contributed by atoms with Crippen molar-refractivity contribution in [3.05, 3.63) is 22.7 Å². The van der Waals surface area contributed by atoms with Gasteiger partial charge in [0.25, 0.3) is 0 Å². The molecule has 4 N–H and O–H groups in total. The number of aliphatic hydroxyl groups excluding tert-OH is 2. The molecule has 0 amide bonds. The van der Waals surface area contributed by atoms with Crippen LogP contribution in [0, 0.1) is 0 Å². The lowest BCUT2D eigenvalue weighted by molar-refractivity contribution is -0.103. The lowest BCUT2D eigenvalue weighted by atomic mass is 10.1. The number of rotatable bonds is 3. The van der Waals surface area contributed by atoms with E-state index >= 15 is 0 Å². The van der Waals surface area contributed by atoms with Gasteiger partial charge >= 0.3 is 11.6 Å². The maximum Gasteiger partial charge on any atom is 0.346 e. The molecule has 1 aliphatic heterocycles. The SMILES string of the molecule is O=c1nccc(NC2O[C@H](CO)[C@@H](O)C2(F)F)[nH]1. The average molecular weight is 263 g/mol. The predicted molar refractivity (Wildman–Crippen MR) is 55.2 cm³/mol. The number of anilines is 1. The number of halogens is 2. The van der Waals surface area contributed by atoms with Crippen molar-refractivity contribution in [3.8, 4) is 0 Å². The number of alkyl halides is 2. The Hall–Kier alpha value is -1.58. The number of aliphatic hydroxyl groups is 2. The largest absolute Gasteiger partial charge is 0.394 e. The topological polar surface area (TPSA) is 107 Å². The van der Waals surface area contributed by atoms with Crippen LogP contribution in [0.15, 0.2) is 17.1 Å². The van der Waals surface area contributed by atoms with Crippen LogP contribution in [-0.2, 0) is 4.74 Å². The lowest BCUT2D eigenvalue weighted by Crippen LogP contribution is -2.43. The summed E-state index contributed by atoms with van der Waals surface area (Å²) in [5.74, 6) is -3.61. The second-order valence-corrected chi connectivity index (χ2v) is 3.79. The maximum absolute atomic E-state index is 13.6. The number of nitrogens with zero attached hydrogens (tertiary/aromatic N) is 1. The van der Waals surface area contributed by atoms with Crippen LogP contribution in [0.2, 0.25) is 0 Å². The van der Waals surface area contributed by atoms with Gasteiger partial charge in [-0.3, -0.25) is 4.98 Å². The number of nitrogens with one attached hydrogen (secondary N) is 2. The van der Waals surface area contributed by atoms with Gasteiger partial charge in [0.05, 0.1) is 6.61 Å². The number of aromatic amines is 1. The first-order chi connectivity index (χ1) is 8.45. The number of hydrogen-bond acceptors (Lipinski definition) is 6. The lowest BCUT2D eigenvalue weighted by Gasteiger charge is -2.20. The minimum absolute atomic E-state index is 0.0227. The maximum atomic E-state index is 13.6. The fourth-order valence-corrected chi connectivity index (χ4v) is 1.61. The van der Waals surface area contributed by atoms with Crippen LogP contribution in [0.1, 0.15) is 0 Å². The first-order valence-corrected chi connectivity index (χ1v) is 5.09. The van der Waals surface area contributed by atoms with E-state index in [1.165, 1.54) is 6.07 Å². The Labute approximate surface area is 99.4 Å². The number of H-pyrrole nitrogens is 1. The molecular formula is C9H11F2N3O4. The second-order valence-electron chi connectivity index (χ2n) is 3.79. The third-order valence-electron chi connectivity index (χ3n) is 2.55. The van der Waals surface area contributed by atoms with Gasteiger partial charge in [-0.05, 0) is 6.07 Å². The zero-order chi connectivity index (χ0) is 13.3. The van der Waals surface area contributed by atoms with Gasteiger partial charge in [-0.15, -0.1) is 0 Å². The number of aromatic nitrogens is 2. The highest BCUT2D eigenvalue weighted by Gasteiger charge is 2.58. The van der Waals surface area contributed by atoms with E-state index in [-0.39, 0.29) is 5.82 Å². The molecule has 1 unspecified atom stereocenters. The van der Waals surface area contributed by atoms with E-state index in [1.807, 2.05) is 0 Å². The van der Waals surface area contributed by atoms with Crippen LogP contribution in [0.25, 0.3) is 0 Å². The van der Waals surface area contributed by atoms with Crippen LogP contribution >= 0.6 is 0 Å². The van der Waals surface area contributed by atoms with E-state index in [2.05, 4.69) is 15.3 Å². The molecule has 0 aliphatic carbocycles. The molecule has 1 aromatic rings. The van der Waals surface area contributed by atoms with Gasteiger partial charge in [0, 0.05) is 6.20 Å². The molecule has 1 aromatic heterocycles. The highest BCUT2D eigenvalue weighted by Crippen LogP contribution is 2.36. The summed E-state index contributed by atoms with van der Waals surface area (Å²) in [6.45, 7) is -0.734. The molecule has 2 heterocycles. The van der Waals surface area contributed by atoms with Gasteiger partial charge in [-0.25, -0.2) is 9.78 Å². The molecule has 0 bridgehead atoms. The summed E-state index contributed by atoms with van der Waals surface area (Å²) in [5.41, 5.74) is -0.708. The third kappa shape index (κ3) is 2.19. The van der Waals surface area contributed by atoms with Crippen molar-refractivity contribution < 1.29 is 23.7 Å². The van der Waals surface area contributed by atoms with Gasteiger partial charge < -0.3 is 20.3 Å². The Bertz CT molecular complexity index is 481. The van der Waals surface area contributed by atoms with E-state index < -0.39 is 36.7 Å². The van der Waals surface area contributed by atoms with E-state index in [4.69, 9.17) is 9.84 Å². The molecule has 9 heteroatoms. The standard InChI is InChI=1S/C9H11F2N3O4/c10-9(11)6(16)4(3-15)18-7(9)13-5-1-2-12-8(17)14-5/h1-2,4,6-7,15-16H,3H2,(H2,12,13,14,17)/t4-,6-,7?/m1/s1. The molecule has 18 heavy (non-hydrogen) atoms. The molecule has 0 saturated carbocycles. The molecule has 1 aliphatic rings. The fourth-order valence-electron chi connectivity index (χ4n) is 1.61. The Morgan fingerprint density at radius 3 is 2.89 bits per heavy atom. The Morgan fingerprint density at radius 2 is 2.33 bits per heavy atom. The van der Waals surface area contributed by atoms with Gasteiger partial charge in [-0.1, -0.05) is 0 Å². The van der Waals surface area contributed by atoms with E-state index in [0.29, 0.717) is 0 Å². The van der Waals surface area contributed by atoms with Crippen molar-refractivity contribution in [3.63, 3.8) is 0 Å². The van der Waals surface area contributed by atoms with Crippen LogP contribution in [0.3, 0.4) is 0 Å². The molecule has 7 nitrogen and oxygen atoms in total. The molecule has 2 rings (SSSR count). The van der Waals surface area contributed by atoms with Crippen LogP contribution < -0.4 is 11.0 Å². The summed E-state index contributed by atoms with van der Waals surface area (Å²) in [5, 5.41) is 20.3. The zero-order valence-electron chi connectivity index (χ0n) is 9.01. The van der Waals surface area contributed by atoms with E-state index in [1.54, 1.807) is 0 Å². The highest BCUT2D eigenvalue weighted by atomic mass is 19.3. The summed E-state index contributed by atoms with van der Waals surface area (Å²) in [4.78, 5) is 16.4. The summed E-state index contributed by atoms with van der Waals surface area (Å²) >= 11 is 0. The molecule has 100 valence electrons. The predicted octanol–water partition coefficient (Wildman–Crippen LogP) is -1.10. The molecule has 1 saturated heterocycles. The Kier molecular flexibility index (Phi) is 3.28. The molecule has 0 radical (unpaired) electrons. The summed E-state index contributed by atoms with van der Waals surface area (Å²) in [6, 6.07) is 1.26. The van der Waals surface area contributed by atoms with Crippen LogP contribution in [0.4, 0.5) is 14.6 Å².